The maximum absolute atomic E-state index is 9.89. The average molecular weight is 379 g/mol. The second kappa shape index (κ2) is 7.62. The Kier molecular flexibility index (Phi) is 5.91. The zero-order valence-electron chi connectivity index (χ0n) is 16.0. The highest BCUT2D eigenvalue weighted by Crippen LogP contribution is 2.36. The highest BCUT2D eigenvalue weighted by molar-refractivity contribution is 7.81. The lowest BCUT2D eigenvalue weighted by atomic mass is 9.79. The van der Waals surface area contributed by atoms with Gasteiger partial charge < -0.3 is 0 Å². The van der Waals surface area contributed by atoms with Gasteiger partial charge in [0.1, 0.15) is 12.1 Å². The van der Waals surface area contributed by atoms with Crippen molar-refractivity contribution in [1.82, 2.24) is 0 Å². The fourth-order valence-electron chi connectivity index (χ4n) is 3.27. The quantitative estimate of drug-likeness (QED) is 0.444. The molecule has 0 bridgehead atoms. The van der Waals surface area contributed by atoms with Crippen molar-refractivity contribution in [2.24, 2.45) is 11.8 Å². The van der Waals surface area contributed by atoms with Crippen LogP contribution in [-0.4, -0.2) is 9.73 Å². The van der Waals surface area contributed by atoms with Crippen molar-refractivity contribution in [1.29, 1.82) is 10.5 Å². The molecule has 0 spiro atoms. The highest BCUT2D eigenvalue weighted by Gasteiger charge is 2.27. The Morgan fingerprint density at radius 2 is 1.08 bits per heavy atom. The molecule has 0 aromatic heterocycles. The minimum Gasteiger partial charge on any atom is -0.192 e. The molecule has 0 N–H and O–H groups in total. The van der Waals surface area contributed by atoms with Gasteiger partial charge in [0.15, 0.2) is 0 Å². The first-order chi connectivity index (χ1) is 12.1. The molecule has 132 valence electrons. The molecule has 0 amide bonds. The number of hydrogen-bond donors (Lipinski definition) is 0. The van der Waals surface area contributed by atoms with Gasteiger partial charge in [-0.15, -0.1) is 0 Å². The van der Waals surface area contributed by atoms with Crippen LogP contribution >= 0.6 is 24.4 Å². The lowest BCUT2D eigenvalue weighted by molar-refractivity contribution is 0.910. The normalized spacial score (nSPS) is 24.6. The van der Waals surface area contributed by atoms with Crippen LogP contribution in [0.3, 0.4) is 0 Å². The van der Waals surface area contributed by atoms with Crippen LogP contribution in [0.4, 0.5) is 0 Å². The Hall–Kier alpha value is -2.14. The van der Waals surface area contributed by atoms with Gasteiger partial charge in [-0.05, 0) is 50.0 Å². The van der Waals surface area contributed by atoms with Crippen LogP contribution in [-0.2, 0) is 0 Å². The summed E-state index contributed by atoms with van der Waals surface area (Å²) >= 11 is 11.1. The van der Waals surface area contributed by atoms with Crippen LogP contribution in [0.2, 0.25) is 0 Å². The Bertz CT molecular complexity index is 871. The topological polar surface area (TPSA) is 47.6 Å². The molecule has 0 radical (unpaired) electrons. The predicted molar refractivity (Wildman–Crippen MR) is 115 cm³/mol. The lowest BCUT2D eigenvalue weighted by Gasteiger charge is -2.25. The summed E-state index contributed by atoms with van der Waals surface area (Å²) in [6.07, 6.45) is 3.98. The summed E-state index contributed by atoms with van der Waals surface area (Å²) in [5.41, 5.74) is 6.24. The van der Waals surface area contributed by atoms with Crippen molar-refractivity contribution >= 4 is 34.2 Å². The molecule has 2 nitrogen and oxygen atoms in total. The number of hydrogen-bond acceptors (Lipinski definition) is 4. The lowest BCUT2D eigenvalue weighted by Crippen LogP contribution is -2.19. The van der Waals surface area contributed by atoms with Gasteiger partial charge in [0, 0.05) is 21.6 Å². The van der Waals surface area contributed by atoms with Crippen LogP contribution in [0.1, 0.15) is 41.5 Å². The molecule has 4 heteroatoms. The standard InChI is InChI=1S/C22H22N2S2/c1-11-7-17(15(5)21(25)13(11)3)19(9-23)20(10-24)18-8-12(2)14(4)22(26)16(18)6/h7-8,13-14H,1-6H3. The van der Waals surface area contributed by atoms with Gasteiger partial charge in [0.2, 0.25) is 0 Å². The first-order valence-corrected chi connectivity index (χ1v) is 9.39. The van der Waals surface area contributed by atoms with Crippen molar-refractivity contribution in [2.75, 3.05) is 0 Å². The van der Waals surface area contributed by atoms with Crippen LogP contribution in [0.25, 0.3) is 0 Å². The third kappa shape index (κ3) is 3.28. The van der Waals surface area contributed by atoms with Crippen LogP contribution in [0.15, 0.2) is 56.7 Å². The molecule has 26 heavy (non-hydrogen) atoms. The van der Waals surface area contributed by atoms with Crippen molar-refractivity contribution in [3.63, 3.8) is 0 Å². The van der Waals surface area contributed by atoms with Crippen molar-refractivity contribution in [3.05, 3.63) is 56.7 Å². The van der Waals surface area contributed by atoms with Crippen LogP contribution in [0, 0.1) is 34.5 Å². The summed E-state index contributed by atoms with van der Waals surface area (Å²) in [6.45, 7) is 12.0. The highest BCUT2D eigenvalue weighted by atomic mass is 32.1. The molecule has 2 aliphatic rings. The molecule has 0 aromatic carbocycles. The number of thiocarbonyl (C=S) groups is 2. The minimum absolute atomic E-state index is 0.172. The molecule has 0 aromatic rings. The Labute approximate surface area is 166 Å². The zero-order chi connectivity index (χ0) is 19.8. The summed E-state index contributed by atoms with van der Waals surface area (Å²) in [4.78, 5) is 1.66. The van der Waals surface area contributed by atoms with E-state index in [1.54, 1.807) is 0 Å². The summed E-state index contributed by atoms with van der Waals surface area (Å²) in [6, 6.07) is 4.51. The summed E-state index contributed by atoms with van der Waals surface area (Å²) in [7, 11) is 0. The molecular formula is C22H22N2S2. The summed E-state index contributed by atoms with van der Waals surface area (Å²) in [5.74, 6) is 0.343. The monoisotopic (exact) mass is 378 g/mol. The van der Waals surface area contributed by atoms with E-state index >= 15 is 0 Å². The van der Waals surface area contributed by atoms with Gasteiger partial charge in [-0.1, -0.05) is 61.6 Å². The molecule has 0 heterocycles. The summed E-state index contributed by atoms with van der Waals surface area (Å²) < 4.78 is 0. The van der Waals surface area contributed by atoms with E-state index in [1.165, 1.54) is 0 Å². The fraction of sp³-hybridized carbons (Fsp3) is 0.364. The van der Waals surface area contributed by atoms with Gasteiger partial charge in [0.25, 0.3) is 0 Å². The van der Waals surface area contributed by atoms with E-state index in [1.807, 2.05) is 39.8 Å². The first kappa shape index (κ1) is 20.2. The second-order valence-electron chi connectivity index (χ2n) is 7.00. The van der Waals surface area contributed by atoms with Gasteiger partial charge >= 0.3 is 0 Å². The van der Waals surface area contributed by atoms with E-state index in [2.05, 4.69) is 26.0 Å². The van der Waals surface area contributed by atoms with Crippen molar-refractivity contribution in [3.8, 4) is 12.1 Å². The van der Waals surface area contributed by atoms with Crippen LogP contribution in [0.5, 0.6) is 0 Å². The molecule has 0 saturated heterocycles. The molecule has 2 aliphatic carbocycles. The second-order valence-corrected chi connectivity index (χ2v) is 7.88. The maximum atomic E-state index is 9.89. The Balaban J connectivity index is 2.80. The minimum atomic E-state index is 0.172. The van der Waals surface area contributed by atoms with E-state index in [9.17, 15) is 10.5 Å². The predicted octanol–water partition coefficient (Wildman–Crippen LogP) is 5.89. The Morgan fingerprint density at radius 1 is 0.769 bits per heavy atom. The molecule has 0 saturated carbocycles. The van der Waals surface area contributed by atoms with E-state index in [0.717, 1.165) is 43.2 Å². The molecule has 2 rings (SSSR count). The van der Waals surface area contributed by atoms with E-state index < -0.39 is 0 Å². The van der Waals surface area contributed by atoms with Crippen LogP contribution < -0.4 is 0 Å². The number of nitrogens with zero attached hydrogens (tertiary/aromatic N) is 2. The fourth-order valence-corrected chi connectivity index (χ4v) is 3.86. The van der Waals surface area contributed by atoms with E-state index in [0.29, 0.717) is 11.1 Å². The molecule has 2 atom stereocenters. The molecule has 0 aliphatic heterocycles. The number of nitriles is 2. The van der Waals surface area contributed by atoms with Crippen molar-refractivity contribution in [2.45, 2.75) is 41.5 Å². The third-order valence-corrected chi connectivity index (χ3v) is 6.78. The third-order valence-electron chi connectivity index (χ3n) is 5.46. The Morgan fingerprint density at radius 3 is 1.35 bits per heavy atom. The smallest absolute Gasteiger partial charge is 0.101 e. The summed E-state index contributed by atoms with van der Waals surface area (Å²) in [5, 5.41) is 19.8. The first-order valence-electron chi connectivity index (χ1n) is 8.57. The van der Waals surface area contributed by atoms with Gasteiger partial charge in [0.05, 0.1) is 11.1 Å². The molecule has 2 unspecified atom stereocenters. The van der Waals surface area contributed by atoms with Gasteiger partial charge in [-0.25, -0.2) is 0 Å². The molecule has 0 fully saturated rings. The largest absolute Gasteiger partial charge is 0.192 e. The zero-order valence-corrected chi connectivity index (χ0v) is 17.7. The van der Waals surface area contributed by atoms with E-state index in [-0.39, 0.29) is 11.8 Å². The van der Waals surface area contributed by atoms with E-state index in [4.69, 9.17) is 24.4 Å². The molecular weight excluding hydrogens is 356 g/mol. The van der Waals surface area contributed by atoms with Crippen molar-refractivity contribution < 1.29 is 0 Å². The SMILES string of the molecule is CC1=CC(C(C#N)=C(C#N)C2=C(C)C(=S)C(C)C(C)=C2)=C(C)C(=S)C1C. The van der Waals surface area contributed by atoms with Gasteiger partial charge in [-0.3, -0.25) is 0 Å². The average Bonchev–Trinajstić information content (AvgIpc) is 2.63. The number of allylic oxidation sites excluding steroid dienone is 10. The maximum Gasteiger partial charge on any atom is 0.101 e. The number of rotatable bonds is 2. The van der Waals surface area contributed by atoms with Gasteiger partial charge in [-0.2, -0.15) is 10.5 Å².